The molecule has 1 aromatic carbocycles. The molecule has 2 heterocycles. The van der Waals surface area contributed by atoms with E-state index < -0.39 is 0 Å². The average Bonchev–Trinajstić information content (AvgIpc) is 3.05. The second kappa shape index (κ2) is 6.28. The van der Waals surface area contributed by atoms with Gasteiger partial charge in [-0.15, -0.1) is 11.3 Å². The third kappa shape index (κ3) is 3.09. The molecule has 0 radical (unpaired) electrons. The normalized spacial score (nSPS) is 11.1. The third-order valence-corrected chi connectivity index (χ3v) is 4.14. The highest BCUT2D eigenvalue weighted by atomic mass is 32.1. The van der Waals surface area contributed by atoms with Gasteiger partial charge in [0, 0.05) is 29.9 Å². The molecule has 0 amide bonds. The van der Waals surface area contributed by atoms with Crippen LogP contribution < -0.4 is 10.1 Å². The minimum Gasteiger partial charge on any atom is -0.487 e. The molecule has 110 valence electrons. The number of fused-ring (bicyclic) bond motifs is 1. The van der Waals surface area contributed by atoms with Crippen molar-refractivity contribution in [1.29, 1.82) is 0 Å². The van der Waals surface area contributed by atoms with Gasteiger partial charge in [-0.05, 0) is 19.0 Å². The molecule has 0 aliphatic heterocycles. The van der Waals surface area contributed by atoms with Gasteiger partial charge in [0.25, 0.3) is 0 Å². The van der Waals surface area contributed by atoms with Crippen LogP contribution in [-0.4, -0.2) is 15.9 Å². The van der Waals surface area contributed by atoms with Crippen LogP contribution in [-0.2, 0) is 13.2 Å². The van der Waals surface area contributed by atoms with Crippen molar-refractivity contribution >= 4 is 16.3 Å². The van der Waals surface area contributed by atoms with Gasteiger partial charge in [-0.25, -0.2) is 4.98 Å². The molecule has 1 N–H and O–H groups in total. The highest BCUT2D eigenvalue weighted by Crippen LogP contribution is 2.24. The van der Waals surface area contributed by atoms with Crippen LogP contribution in [0.15, 0.2) is 36.0 Å². The van der Waals surface area contributed by atoms with E-state index in [-0.39, 0.29) is 0 Å². The van der Waals surface area contributed by atoms with Crippen molar-refractivity contribution in [3.8, 4) is 5.75 Å². The molecule has 0 saturated carbocycles. The SMILES string of the molecule is CCNCc1cccc(C)c1OCc1cn2ccsc2n1. The quantitative estimate of drug-likeness (QED) is 0.758. The molecule has 0 atom stereocenters. The van der Waals surface area contributed by atoms with E-state index in [2.05, 4.69) is 42.3 Å². The van der Waals surface area contributed by atoms with Gasteiger partial charge in [-0.2, -0.15) is 0 Å². The zero-order valence-corrected chi connectivity index (χ0v) is 13.1. The maximum Gasteiger partial charge on any atom is 0.193 e. The summed E-state index contributed by atoms with van der Waals surface area (Å²) in [4.78, 5) is 5.56. The third-order valence-electron chi connectivity index (χ3n) is 3.37. The highest BCUT2D eigenvalue weighted by molar-refractivity contribution is 7.15. The predicted octanol–water partition coefficient (Wildman–Crippen LogP) is 3.39. The van der Waals surface area contributed by atoms with Gasteiger partial charge >= 0.3 is 0 Å². The Morgan fingerprint density at radius 1 is 1.38 bits per heavy atom. The summed E-state index contributed by atoms with van der Waals surface area (Å²) in [6, 6.07) is 6.26. The van der Waals surface area contributed by atoms with Crippen LogP contribution in [0.1, 0.15) is 23.7 Å². The van der Waals surface area contributed by atoms with E-state index in [1.165, 1.54) is 5.56 Å². The molecular formula is C16H19N3OS. The second-order valence-electron chi connectivity index (χ2n) is 4.96. The summed E-state index contributed by atoms with van der Waals surface area (Å²) in [5.41, 5.74) is 3.31. The lowest BCUT2D eigenvalue weighted by molar-refractivity contribution is 0.296. The predicted molar refractivity (Wildman–Crippen MR) is 86.0 cm³/mol. The first-order valence-corrected chi connectivity index (χ1v) is 7.99. The van der Waals surface area contributed by atoms with Crippen molar-refractivity contribution in [2.45, 2.75) is 27.0 Å². The van der Waals surface area contributed by atoms with Gasteiger partial charge < -0.3 is 10.1 Å². The second-order valence-corrected chi connectivity index (χ2v) is 5.83. The van der Waals surface area contributed by atoms with E-state index in [1.54, 1.807) is 11.3 Å². The molecular weight excluding hydrogens is 282 g/mol. The average molecular weight is 301 g/mol. The number of hydrogen-bond donors (Lipinski definition) is 1. The lowest BCUT2D eigenvalue weighted by atomic mass is 10.1. The van der Waals surface area contributed by atoms with Crippen LogP contribution in [0, 0.1) is 6.92 Å². The summed E-state index contributed by atoms with van der Waals surface area (Å²) >= 11 is 1.63. The molecule has 2 aromatic heterocycles. The van der Waals surface area contributed by atoms with Gasteiger partial charge in [-0.1, -0.05) is 25.1 Å². The lowest BCUT2D eigenvalue weighted by Gasteiger charge is -2.13. The van der Waals surface area contributed by atoms with Crippen LogP contribution in [0.2, 0.25) is 0 Å². The fourth-order valence-electron chi connectivity index (χ4n) is 2.31. The van der Waals surface area contributed by atoms with Crippen molar-refractivity contribution < 1.29 is 4.74 Å². The summed E-state index contributed by atoms with van der Waals surface area (Å²) < 4.78 is 8.07. The van der Waals surface area contributed by atoms with E-state index >= 15 is 0 Å². The monoisotopic (exact) mass is 301 g/mol. The number of nitrogens with one attached hydrogen (secondary N) is 1. The Balaban J connectivity index is 1.75. The molecule has 0 spiro atoms. The van der Waals surface area contributed by atoms with Crippen LogP contribution in [0.4, 0.5) is 0 Å². The fourth-order valence-corrected chi connectivity index (χ4v) is 3.03. The Labute approximate surface area is 128 Å². The smallest absolute Gasteiger partial charge is 0.193 e. The van der Waals surface area contributed by atoms with Crippen molar-refractivity contribution in [2.75, 3.05) is 6.54 Å². The maximum atomic E-state index is 6.04. The molecule has 0 unspecified atom stereocenters. The molecule has 0 aliphatic carbocycles. The van der Waals surface area contributed by atoms with E-state index in [0.717, 1.165) is 35.1 Å². The van der Waals surface area contributed by atoms with E-state index in [9.17, 15) is 0 Å². The van der Waals surface area contributed by atoms with Gasteiger partial charge in [0.15, 0.2) is 4.96 Å². The van der Waals surface area contributed by atoms with Crippen LogP contribution in [0.3, 0.4) is 0 Å². The highest BCUT2D eigenvalue weighted by Gasteiger charge is 2.09. The Morgan fingerprint density at radius 2 is 2.29 bits per heavy atom. The van der Waals surface area contributed by atoms with Crippen molar-refractivity contribution in [2.24, 2.45) is 0 Å². The zero-order chi connectivity index (χ0) is 14.7. The van der Waals surface area contributed by atoms with Crippen LogP contribution in [0.5, 0.6) is 5.75 Å². The molecule has 4 nitrogen and oxygen atoms in total. The molecule has 21 heavy (non-hydrogen) atoms. The van der Waals surface area contributed by atoms with E-state index in [4.69, 9.17) is 4.74 Å². The van der Waals surface area contributed by atoms with Crippen LogP contribution in [0.25, 0.3) is 4.96 Å². The summed E-state index contributed by atoms with van der Waals surface area (Å²) in [6.45, 7) is 6.46. The minimum absolute atomic E-state index is 0.498. The summed E-state index contributed by atoms with van der Waals surface area (Å²) in [7, 11) is 0. The van der Waals surface area contributed by atoms with Gasteiger partial charge in [0.1, 0.15) is 12.4 Å². The lowest BCUT2D eigenvalue weighted by Crippen LogP contribution is -2.13. The standard InChI is InChI=1S/C16H19N3OS/c1-3-17-9-13-6-4-5-12(2)15(13)20-11-14-10-19-7-8-21-16(19)18-14/h4-8,10,17H,3,9,11H2,1-2H3. The topological polar surface area (TPSA) is 38.6 Å². The number of hydrogen-bond acceptors (Lipinski definition) is 4. The number of para-hydroxylation sites is 1. The van der Waals surface area contributed by atoms with Crippen molar-refractivity contribution in [3.05, 3.63) is 52.8 Å². The first kappa shape index (κ1) is 14.1. The largest absolute Gasteiger partial charge is 0.487 e. The molecule has 3 aromatic rings. The molecule has 5 heteroatoms. The summed E-state index contributed by atoms with van der Waals surface area (Å²) in [5, 5.41) is 5.38. The number of benzene rings is 1. The van der Waals surface area contributed by atoms with Crippen molar-refractivity contribution in [1.82, 2.24) is 14.7 Å². The molecule has 3 rings (SSSR count). The number of aromatic nitrogens is 2. The Bertz CT molecular complexity index is 704. The Hall–Kier alpha value is -1.85. The first-order valence-electron chi connectivity index (χ1n) is 7.11. The minimum atomic E-state index is 0.498. The number of rotatable bonds is 6. The first-order chi connectivity index (χ1) is 10.3. The van der Waals surface area contributed by atoms with Crippen molar-refractivity contribution in [3.63, 3.8) is 0 Å². The van der Waals surface area contributed by atoms with Gasteiger partial charge in [-0.3, -0.25) is 4.40 Å². The van der Waals surface area contributed by atoms with Gasteiger partial charge in [0.2, 0.25) is 0 Å². The maximum absolute atomic E-state index is 6.04. The zero-order valence-electron chi connectivity index (χ0n) is 12.3. The van der Waals surface area contributed by atoms with Gasteiger partial charge in [0.05, 0.1) is 5.69 Å². The molecule has 0 saturated heterocycles. The van der Waals surface area contributed by atoms with E-state index in [1.807, 2.05) is 22.2 Å². The number of ether oxygens (including phenoxy) is 1. The fraction of sp³-hybridized carbons (Fsp3) is 0.312. The summed E-state index contributed by atoms with van der Waals surface area (Å²) in [6.07, 6.45) is 4.04. The number of nitrogens with zero attached hydrogens (tertiary/aromatic N) is 2. The van der Waals surface area contributed by atoms with E-state index in [0.29, 0.717) is 6.61 Å². The molecule has 0 fully saturated rings. The molecule has 0 bridgehead atoms. The number of imidazole rings is 1. The molecule has 0 aliphatic rings. The number of aryl methyl sites for hydroxylation is 1. The van der Waals surface area contributed by atoms with Crippen LogP contribution >= 0.6 is 11.3 Å². The Morgan fingerprint density at radius 3 is 3.10 bits per heavy atom. The Kier molecular flexibility index (Phi) is 4.22. The summed E-state index contributed by atoms with van der Waals surface area (Å²) in [5.74, 6) is 0.967. The number of thiazole rings is 1.